The first kappa shape index (κ1) is 28.4. The third kappa shape index (κ3) is 7.33. The number of hydrogen-bond acceptors (Lipinski definition) is 6. The Balaban J connectivity index is 2.33. The molecule has 0 fully saturated rings. The van der Waals surface area contributed by atoms with Crippen LogP contribution < -0.4 is 5.32 Å². The van der Waals surface area contributed by atoms with Crippen LogP contribution in [0.4, 0.5) is 0 Å². The number of carbonyl (C=O) groups excluding carboxylic acids is 2. The molecule has 2 heterocycles. The number of aromatic nitrogens is 1. The minimum absolute atomic E-state index is 0.0412. The lowest BCUT2D eigenvalue weighted by Crippen LogP contribution is -2.51. The van der Waals surface area contributed by atoms with Gasteiger partial charge in [-0.1, -0.05) is 31.1 Å². The molecule has 190 valence electrons. The predicted octanol–water partition coefficient (Wildman–Crippen LogP) is 4.70. The van der Waals surface area contributed by atoms with Gasteiger partial charge in [-0.2, -0.15) is 0 Å². The summed E-state index contributed by atoms with van der Waals surface area (Å²) in [5.74, 6) is -1.55. The van der Waals surface area contributed by atoms with Gasteiger partial charge in [0.25, 0.3) is 0 Å². The maximum atomic E-state index is 13.2. The molecule has 0 spiro atoms. The first-order valence-corrected chi connectivity index (χ1v) is 13.2. The van der Waals surface area contributed by atoms with Crippen LogP contribution in [-0.4, -0.2) is 45.6 Å². The van der Waals surface area contributed by atoms with Crippen LogP contribution in [-0.2, 0) is 9.59 Å². The highest BCUT2D eigenvalue weighted by atomic mass is 32.1. The maximum Gasteiger partial charge on any atom is 0.249 e. The molecule has 2 rings (SSSR count). The lowest BCUT2D eigenvalue weighted by Gasteiger charge is -2.34. The van der Waals surface area contributed by atoms with E-state index in [1.165, 1.54) is 5.57 Å². The van der Waals surface area contributed by atoms with Gasteiger partial charge in [0, 0.05) is 23.8 Å². The van der Waals surface area contributed by atoms with Gasteiger partial charge in [-0.05, 0) is 72.3 Å². The number of aryl methyl sites for hydroxylation is 1. The molecule has 6 nitrogen and oxygen atoms in total. The molecule has 1 unspecified atom stereocenters. The monoisotopic (exact) mass is 490 g/mol. The molecule has 0 radical (unpaired) electrons. The highest BCUT2D eigenvalue weighted by molar-refractivity contribution is 7.09. The zero-order valence-electron chi connectivity index (χ0n) is 21.7. The first-order valence-electron chi connectivity index (χ1n) is 12.3. The van der Waals surface area contributed by atoms with Crippen molar-refractivity contribution in [1.82, 2.24) is 10.3 Å². The molecular weight excluding hydrogens is 448 g/mol. The van der Waals surface area contributed by atoms with Crippen LogP contribution in [0.15, 0.2) is 22.6 Å². The molecule has 0 saturated carbocycles. The van der Waals surface area contributed by atoms with Crippen molar-refractivity contribution in [3.63, 3.8) is 0 Å². The smallest absolute Gasteiger partial charge is 0.249 e. The van der Waals surface area contributed by atoms with Gasteiger partial charge < -0.3 is 15.5 Å². The first-order chi connectivity index (χ1) is 15.8. The molecule has 1 amide bonds. The van der Waals surface area contributed by atoms with Gasteiger partial charge in [-0.25, -0.2) is 4.98 Å². The summed E-state index contributed by atoms with van der Waals surface area (Å²) >= 11 is 1.60. The standard InChI is InChI=1S/C27H42N2O4S/c1-16-9-8-10-17(2)23(30)19(4)24(31)27(6,7)25(32)26(33)28-14-21(12-11-16)18(3)13-22-15-34-20(5)29-22/h11,13,15,17,19,21,23,25,30,32H,8-10,12,14H2,1-7H3,(H,28,33)/b16-11-,18-13+/t17-,19+,21+,23?,25-/m0/s1. The van der Waals surface area contributed by atoms with Crippen LogP contribution >= 0.6 is 11.3 Å². The Bertz CT molecular complexity index is 917. The normalized spacial score (nSPS) is 32.1. The van der Waals surface area contributed by atoms with E-state index in [1.54, 1.807) is 32.1 Å². The molecule has 34 heavy (non-hydrogen) atoms. The fourth-order valence-corrected chi connectivity index (χ4v) is 5.13. The van der Waals surface area contributed by atoms with E-state index in [0.29, 0.717) is 6.54 Å². The number of amides is 1. The van der Waals surface area contributed by atoms with Crippen LogP contribution in [0.2, 0.25) is 0 Å². The van der Waals surface area contributed by atoms with Crippen molar-refractivity contribution in [1.29, 1.82) is 0 Å². The summed E-state index contributed by atoms with van der Waals surface area (Å²) in [4.78, 5) is 30.6. The number of carbonyl (C=O) groups is 2. The van der Waals surface area contributed by atoms with Gasteiger partial charge in [-0.15, -0.1) is 11.3 Å². The van der Waals surface area contributed by atoms with Gasteiger partial charge in [0.1, 0.15) is 11.9 Å². The van der Waals surface area contributed by atoms with Crippen LogP contribution in [0.1, 0.15) is 77.9 Å². The van der Waals surface area contributed by atoms with Crippen LogP contribution in [0, 0.1) is 30.1 Å². The topological polar surface area (TPSA) is 99.5 Å². The van der Waals surface area contributed by atoms with E-state index >= 15 is 0 Å². The quantitative estimate of drug-likeness (QED) is 0.522. The number of ketones is 1. The third-order valence-corrected chi connectivity index (χ3v) is 8.03. The Morgan fingerprint density at radius 3 is 2.53 bits per heavy atom. The van der Waals surface area contributed by atoms with Crippen molar-refractivity contribution in [3.05, 3.63) is 33.3 Å². The number of allylic oxidation sites excluding steroid dienone is 2. The highest BCUT2D eigenvalue weighted by Gasteiger charge is 2.44. The summed E-state index contributed by atoms with van der Waals surface area (Å²) in [5, 5.41) is 27.5. The van der Waals surface area contributed by atoms with E-state index in [1.807, 2.05) is 26.2 Å². The fourth-order valence-electron chi connectivity index (χ4n) is 4.56. The van der Waals surface area contributed by atoms with Gasteiger partial charge in [-0.3, -0.25) is 9.59 Å². The second-order valence-corrected chi connectivity index (χ2v) is 11.6. The Morgan fingerprint density at radius 2 is 1.91 bits per heavy atom. The number of thiazole rings is 1. The van der Waals surface area contributed by atoms with Crippen LogP contribution in [0.3, 0.4) is 0 Å². The average molecular weight is 491 g/mol. The summed E-state index contributed by atoms with van der Waals surface area (Å²) < 4.78 is 0. The zero-order valence-corrected chi connectivity index (χ0v) is 22.5. The maximum absolute atomic E-state index is 13.2. The molecule has 0 bridgehead atoms. The van der Waals surface area contributed by atoms with E-state index in [-0.39, 0.29) is 17.6 Å². The molecule has 1 aromatic rings. The summed E-state index contributed by atoms with van der Waals surface area (Å²) in [7, 11) is 0. The number of hydrogen-bond donors (Lipinski definition) is 3. The van der Waals surface area contributed by atoms with Crippen molar-refractivity contribution in [2.75, 3.05) is 6.54 Å². The lowest BCUT2D eigenvalue weighted by atomic mass is 9.73. The fraction of sp³-hybridized carbons (Fsp3) is 0.667. The molecule has 5 atom stereocenters. The average Bonchev–Trinajstić information content (AvgIpc) is 3.20. The molecule has 0 aromatic carbocycles. The largest absolute Gasteiger partial charge is 0.392 e. The van der Waals surface area contributed by atoms with Crippen LogP contribution in [0.5, 0.6) is 0 Å². The van der Waals surface area contributed by atoms with E-state index in [0.717, 1.165) is 42.0 Å². The molecule has 3 N–H and O–H groups in total. The molecule has 7 heteroatoms. The minimum Gasteiger partial charge on any atom is -0.392 e. The number of Topliss-reactive ketones (excluding diaryl/α,β-unsaturated/α-hetero) is 1. The summed E-state index contributed by atoms with van der Waals surface area (Å²) in [6.07, 6.45) is 5.38. The SMILES string of the molecule is C/C1=C/C[C@@H](/C(C)=C/c2csc(C)n2)CNC(=O)[C@H](O)C(C)(C)C(=O)[C@H](C)C(O)[C@@H](C)CCC1. The van der Waals surface area contributed by atoms with E-state index in [2.05, 4.69) is 29.4 Å². The van der Waals surface area contributed by atoms with Gasteiger partial charge in [0.15, 0.2) is 0 Å². The number of aliphatic hydroxyl groups is 2. The number of nitrogens with zero attached hydrogens (tertiary/aromatic N) is 1. The van der Waals surface area contributed by atoms with Crippen molar-refractivity contribution in [2.24, 2.45) is 23.2 Å². The molecule has 0 aliphatic carbocycles. The summed E-state index contributed by atoms with van der Waals surface area (Å²) in [6, 6.07) is 0. The number of aliphatic hydroxyl groups excluding tert-OH is 2. The van der Waals surface area contributed by atoms with E-state index < -0.39 is 29.4 Å². The second kappa shape index (κ2) is 12.2. The summed E-state index contributed by atoms with van der Waals surface area (Å²) in [6.45, 7) is 13.3. The second-order valence-electron chi connectivity index (χ2n) is 10.5. The zero-order chi connectivity index (χ0) is 25.6. The van der Waals surface area contributed by atoms with Crippen molar-refractivity contribution < 1.29 is 19.8 Å². The third-order valence-electron chi connectivity index (χ3n) is 7.24. The van der Waals surface area contributed by atoms with Gasteiger partial charge in [0.2, 0.25) is 5.91 Å². The van der Waals surface area contributed by atoms with Gasteiger partial charge >= 0.3 is 0 Å². The van der Waals surface area contributed by atoms with Crippen molar-refractivity contribution in [2.45, 2.75) is 86.4 Å². The Morgan fingerprint density at radius 1 is 1.24 bits per heavy atom. The van der Waals surface area contributed by atoms with Gasteiger partial charge in [0.05, 0.1) is 22.2 Å². The Hall–Kier alpha value is -1.83. The predicted molar refractivity (Wildman–Crippen MR) is 138 cm³/mol. The highest BCUT2D eigenvalue weighted by Crippen LogP contribution is 2.31. The van der Waals surface area contributed by atoms with Crippen LogP contribution in [0.25, 0.3) is 6.08 Å². The Labute approximate surface area is 208 Å². The van der Waals surface area contributed by atoms with Crippen molar-refractivity contribution in [3.8, 4) is 0 Å². The summed E-state index contributed by atoms with van der Waals surface area (Å²) in [5.41, 5.74) is 1.97. The molecule has 1 aliphatic rings. The Kier molecular flexibility index (Phi) is 10.2. The molecular formula is C27H42N2O4S. The molecule has 0 saturated heterocycles. The molecule has 1 aliphatic heterocycles. The number of rotatable bonds is 2. The van der Waals surface area contributed by atoms with Crippen molar-refractivity contribution >= 4 is 29.1 Å². The lowest BCUT2D eigenvalue weighted by molar-refractivity contribution is -0.150. The molecule has 1 aromatic heterocycles. The van der Waals surface area contributed by atoms with E-state index in [4.69, 9.17) is 0 Å². The minimum atomic E-state index is -1.50. The van der Waals surface area contributed by atoms with E-state index in [9.17, 15) is 19.8 Å². The number of nitrogens with one attached hydrogen (secondary N) is 1.